The summed E-state index contributed by atoms with van der Waals surface area (Å²) in [7, 11) is -4.01. The Balaban J connectivity index is 0.000000270. The lowest BCUT2D eigenvalue weighted by Crippen LogP contribution is -2.58. The number of thiophene rings is 1. The molecule has 240 valence electrons. The van der Waals surface area contributed by atoms with Crippen molar-refractivity contribution in [2.45, 2.75) is 36.7 Å². The van der Waals surface area contributed by atoms with Gasteiger partial charge in [0.05, 0.1) is 17.3 Å². The van der Waals surface area contributed by atoms with Gasteiger partial charge < -0.3 is 15.7 Å². The smallest absolute Gasteiger partial charge is 0.323 e. The van der Waals surface area contributed by atoms with Crippen LogP contribution in [0.2, 0.25) is 0 Å². The maximum absolute atomic E-state index is 13.3. The summed E-state index contributed by atoms with van der Waals surface area (Å²) in [4.78, 5) is 31.5. The van der Waals surface area contributed by atoms with Crippen molar-refractivity contribution in [1.82, 2.24) is 24.2 Å². The number of piperazine rings is 1. The van der Waals surface area contributed by atoms with Gasteiger partial charge in [0, 0.05) is 43.0 Å². The number of rotatable bonds is 8. The minimum absolute atomic E-state index is 0.00450. The number of carboxylic acids is 1. The van der Waals surface area contributed by atoms with Gasteiger partial charge in [-0.15, -0.1) is 11.3 Å². The van der Waals surface area contributed by atoms with Crippen LogP contribution in [0.3, 0.4) is 0 Å². The van der Waals surface area contributed by atoms with Gasteiger partial charge in [-0.3, -0.25) is 4.79 Å². The maximum Gasteiger partial charge on any atom is 0.323 e. The van der Waals surface area contributed by atoms with Crippen molar-refractivity contribution in [3.8, 4) is 10.4 Å². The van der Waals surface area contributed by atoms with Gasteiger partial charge in [-0.1, -0.05) is 49.4 Å². The van der Waals surface area contributed by atoms with E-state index in [0.29, 0.717) is 23.5 Å². The van der Waals surface area contributed by atoms with Gasteiger partial charge in [0.25, 0.3) is 5.92 Å². The predicted octanol–water partition coefficient (Wildman–Crippen LogP) is 4.76. The first-order chi connectivity index (χ1) is 22.0. The summed E-state index contributed by atoms with van der Waals surface area (Å²) in [6.07, 6.45) is 4.23. The Morgan fingerprint density at radius 2 is 1.80 bits per heavy atom. The Bertz CT molecular complexity index is 1890. The summed E-state index contributed by atoms with van der Waals surface area (Å²) in [6.45, 7) is 2.05. The molecule has 15 heteroatoms. The number of hydrogen-bond donors (Lipinski definition) is 2. The minimum atomic E-state index is -4.01. The van der Waals surface area contributed by atoms with E-state index in [1.807, 2.05) is 17.5 Å². The highest BCUT2D eigenvalue weighted by atomic mass is 32.2. The molecule has 1 fully saturated rings. The lowest BCUT2D eigenvalue weighted by molar-refractivity contribution is -0.141. The summed E-state index contributed by atoms with van der Waals surface area (Å²) < 4.78 is 53.9. The van der Waals surface area contributed by atoms with Crippen molar-refractivity contribution < 1.29 is 27.1 Å². The molecular weight excluding hydrogens is 637 g/mol. The van der Waals surface area contributed by atoms with Gasteiger partial charge in [0.15, 0.2) is 5.65 Å². The van der Waals surface area contributed by atoms with E-state index in [2.05, 4.69) is 19.9 Å². The van der Waals surface area contributed by atoms with Gasteiger partial charge in [-0.2, -0.15) is 4.31 Å². The highest BCUT2D eigenvalue weighted by molar-refractivity contribution is 7.89. The molecule has 6 rings (SSSR count). The molecule has 2 aromatic carbocycles. The van der Waals surface area contributed by atoms with Gasteiger partial charge in [0.2, 0.25) is 10.0 Å². The molecule has 5 aromatic rings. The molecule has 0 radical (unpaired) electrons. The monoisotopic (exact) mass is 667 g/mol. The topological polar surface area (TPSA) is 156 Å². The molecular formula is C31H31F2N7O4S2. The van der Waals surface area contributed by atoms with Crippen LogP contribution in [0.1, 0.15) is 24.5 Å². The highest BCUT2D eigenvalue weighted by Crippen LogP contribution is 2.31. The Morgan fingerprint density at radius 1 is 1.07 bits per heavy atom. The van der Waals surface area contributed by atoms with Gasteiger partial charge in [-0.25, -0.2) is 37.1 Å². The van der Waals surface area contributed by atoms with E-state index in [9.17, 15) is 27.1 Å². The summed E-state index contributed by atoms with van der Waals surface area (Å²) >= 11 is 1.56. The Hall–Kier alpha value is -4.44. The van der Waals surface area contributed by atoms with Crippen molar-refractivity contribution in [2.24, 2.45) is 5.73 Å². The molecule has 4 heterocycles. The van der Waals surface area contributed by atoms with Gasteiger partial charge in [0.1, 0.15) is 23.7 Å². The highest BCUT2D eigenvalue weighted by Gasteiger charge is 2.40. The number of benzene rings is 2. The first-order valence-corrected chi connectivity index (χ1v) is 16.6. The van der Waals surface area contributed by atoms with Crippen LogP contribution in [0.4, 0.5) is 14.6 Å². The molecule has 1 saturated heterocycles. The zero-order valence-corrected chi connectivity index (χ0v) is 26.3. The number of anilines is 1. The quantitative estimate of drug-likeness (QED) is 0.237. The molecule has 11 nitrogen and oxygen atoms in total. The summed E-state index contributed by atoms with van der Waals surface area (Å²) in [5, 5.41) is 11.8. The van der Waals surface area contributed by atoms with Crippen molar-refractivity contribution in [3.05, 3.63) is 95.9 Å². The number of halogens is 2. The van der Waals surface area contributed by atoms with E-state index in [-0.39, 0.29) is 36.5 Å². The van der Waals surface area contributed by atoms with Crippen LogP contribution in [0.25, 0.3) is 21.6 Å². The number of aromatic nitrogens is 4. The van der Waals surface area contributed by atoms with Crippen LogP contribution in [-0.4, -0.2) is 69.4 Å². The third-order valence-corrected chi connectivity index (χ3v) is 10.3. The van der Waals surface area contributed by atoms with E-state index >= 15 is 0 Å². The molecule has 1 aliphatic rings. The number of carbonyl (C=O) groups is 1. The van der Waals surface area contributed by atoms with Gasteiger partial charge >= 0.3 is 5.97 Å². The van der Waals surface area contributed by atoms with E-state index in [0.717, 1.165) is 20.3 Å². The number of aliphatic carboxylic acids is 1. The molecule has 3 N–H and O–H groups in total. The third-order valence-electron chi connectivity index (χ3n) is 7.48. The van der Waals surface area contributed by atoms with Crippen LogP contribution < -0.4 is 10.6 Å². The second-order valence-corrected chi connectivity index (χ2v) is 13.2. The fraction of sp³-hybridized carbons (Fsp3) is 0.258. The number of fused-ring (bicyclic) bond motifs is 1. The number of sulfonamides is 1. The standard InChI is InChI=1S/C21H18N6O4S2.C10H13F2N/c28-21(29)17-12-26(19-11-23-16-10-22-13-24-20(16)25-19)7-8-27(17)33(30,31)15-5-3-14(4-6-15)18-2-1-9-32-18;1-2-10(11,12)9-5-3-8(7-13)4-6-9/h1-6,9-11,13,17H,7-8,12H2,(H,28,29);3-6H,2,7,13H2,1H3/t17-;/m1./s1. The van der Waals surface area contributed by atoms with Crippen LogP contribution in [-0.2, 0) is 27.3 Å². The normalized spacial score (nSPS) is 15.7. The van der Waals surface area contributed by atoms with E-state index < -0.39 is 28.0 Å². The first-order valence-electron chi connectivity index (χ1n) is 14.3. The molecule has 0 amide bonds. The minimum Gasteiger partial charge on any atom is -0.480 e. The number of hydrogen-bond acceptors (Lipinski definition) is 10. The average Bonchev–Trinajstić information content (AvgIpc) is 3.63. The first kappa shape index (κ1) is 32.9. The number of nitrogens with zero attached hydrogens (tertiary/aromatic N) is 6. The zero-order valence-electron chi connectivity index (χ0n) is 24.7. The number of carboxylic acid groups (broad SMARTS) is 1. The Kier molecular flexibility index (Phi) is 9.96. The zero-order chi connectivity index (χ0) is 32.9. The van der Waals surface area contributed by atoms with Crippen molar-refractivity contribution >= 4 is 44.3 Å². The van der Waals surface area contributed by atoms with Gasteiger partial charge in [-0.05, 0) is 34.7 Å². The fourth-order valence-corrected chi connectivity index (χ4v) is 7.13. The van der Waals surface area contributed by atoms with Crippen LogP contribution >= 0.6 is 11.3 Å². The lowest BCUT2D eigenvalue weighted by atomic mass is 10.0. The molecule has 0 aliphatic carbocycles. The Morgan fingerprint density at radius 3 is 2.43 bits per heavy atom. The summed E-state index contributed by atoms with van der Waals surface area (Å²) in [5.74, 6) is -3.51. The van der Waals surface area contributed by atoms with E-state index in [1.165, 1.54) is 49.9 Å². The molecule has 0 bridgehead atoms. The molecule has 0 unspecified atom stereocenters. The summed E-state index contributed by atoms with van der Waals surface area (Å²) in [5.41, 5.74) is 8.09. The molecule has 1 atom stereocenters. The largest absolute Gasteiger partial charge is 0.480 e. The molecule has 1 aliphatic heterocycles. The molecule has 0 spiro atoms. The number of nitrogens with two attached hydrogens (primary N) is 1. The van der Waals surface area contributed by atoms with Crippen molar-refractivity contribution in [3.63, 3.8) is 0 Å². The lowest BCUT2D eigenvalue weighted by Gasteiger charge is -2.38. The third kappa shape index (κ3) is 7.17. The predicted molar refractivity (Wildman–Crippen MR) is 171 cm³/mol. The van der Waals surface area contributed by atoms with Crippen LogP contribution in [0.15, 0.2) is 89.7 Å². The second kappa shape index (κ2) is 13.9. The second-order valence-electron chi connectivity index (χ2n) is 10.3. The van der Waals surface area contributed by atoms with E-state index in [1.54, 1.807) is 40.5 Å². The Labute approximate surface area is 268 Å². The van der Waals surface area contributed by atoms with Crippen LogP contribution in [0.5, 0.6) is 0 Å². The average molecular weight is 668 g/mol. The fourth-order valence-electron chi connectivity index (χ4n) is 4.83. The molecule has 46 heavy (non-hydrogen) atoms. The summed E-state index contributed by atoms with van der Waals surface area (Å²) in [6, 6.07) is 15.3. The maximum atomic E-state index is 13.3. The molecule has 0 saturated carbocycles. The molecule has 3 aromatic heterocycles. The van der Waals surface area contributed by atoms with Crippen LogP contribution in [0, 0.1) is 0 Å². The SMILES string of the molecule is CCC(F)(F)c1ccc(CN)cc1.O=C(O)[C@H]1CN(c2cnc3cncnc3n2)CCN1S(=O)(=O)c1ccc(-c2cccs2)cc1. The van der Waals surface area contributed by atoms with E-state index in [4.69, 9.17) is 5.73 Å². The van der Waals surface area contributed by atoms with Crippen molar-refractivity contribution in [1.29, 1.82) is 0 Å². The number of alkyl halides is 2. The van der Waals surface area contributed by atoms with Crippen molar-refractivity contribution in [2.75, 3.05) is 24.5 Å².